The normalized spacial score (nSPS) is 10.7. The summed E-state index contributed by atoms with van der Waals surface area (Å²) in [4.78, 5) is 22.6. The fourth-order valence-electron chi connectivity index (χ4n) is 2.03. The van der Waals surface area contributed by atoms with E-state index in [1.807, 2.05) is 26.0 Å². The molecule has 0 spiro atoms. The van der Waals surface area contributed by atoms with E-state index in [1.54, 1.807) is 13.1 Å². The number of pyridine rings is 1. The Labute approximate surface area is 93.3 Å². The van der Waals surface area contributed by atoms with Crippen LogP contribution in [-0.2, 0) is 7.05 Å². The molecule has 0 atom stereocenters. The molecule has 0 N–H and O–H groups in total. The number of aldehydes is 1. The lowest BCUT2D eigenvalue weighted by atomic mass is 10.0. The highest BCUT2D eigenvalue weighted by molar-refractivity contribution is 5.88. The van der Waals surface area contributed by atoms with Crippen molar-refractivity contribution in [1.82, 2.24) is 4.57 Å². The van der Waals surface area contributed by atoms with Crippen molar-refractivity contribution in [1.29, 1.82) is 0 Å². The topological polar surface area (TPSA) is 39.1 Å². The molecule has 2 rings (SSSR count). The summed E-state index contributed by atoms with van der Waals surface area (Å²) in [7, 11) is 1.69. The van der Waals surface area contributed by atoms with Crippen LogP contribution in [0.15, 0.2) is 23.0 Å². The monoisotopic (exact) mass is 215 g/mol. The first-order chi connectivity index (χ1) is 7.54. The number of rotatable bonds is 1. The van der Waals surface area contributed by atoms with E-state index in [4.69, 9.17) is 0 Å². The Morgan fingerprint density at radius 2 is 1.88 bits per heavy atom. The van der Waals surface area contributed by atoms with E-state index >= 15 is 0 Å². The molecule has 0 saturated carbocycles. The molecule has 16 heavy (non-hydrogen) atoms. The van der Waals surface area contributed by atoms with Crippen molar-refractivity contribution in [3.05, 3.63) is 45.2 Å². The van der Waals surface area contributed by atoms with Crippen molar-refractivity contribution < 1.29 is 4.79 Å². The van der Waals surface area contributed by atoms with Crippen LogP contribution in [-0.4, -0.2) is 10.9 Å². The van der Waals surface area contributed by atoms with Crippen LogP contribution in [0.3, 0.4) is 0 Å². The molecule has 0 aliphatic heterocycles. The summed E-state index contributed by atoms with van der Waals surface area (Å²) in [5.74, 6) is 0. The molecule has 0 bridgehead atoms. The van der Waals surface area contributed by atoms with E-state index in [0.29, 0.717) is 6.29 Å². The van der Waals surface area contributed by atoms with Gasteiger partial charge in [-0.2, -0.15) is 0 Å². The summed E-state index contributed by atoms with van der Waals surface area (Å²) < 4.78 is 1.53. The van der Waals surface area contributed by atoms with Crippen molar-refractivity contribution >= 4 is 17.2 Å². The minimum absolute atomic E-state index is 0.210. The van der Waals surface area contributed by atoms with Gasteiger partial charge < -0.3 is 4.57 Å². The van der Waals surface area contributed by atoms with Gasteiger partial charge in [0.2, 0.25) is 0 Å². The molecular weight excluding hydrogens is 202 g/mol. The van der Waals surface area contributed by atoms with Gasteiger partial charge in [0.1, 0.15) is 0 Å². The number of hydrogen-bond acceptors (Lipinski definition) is 2. The van der Waals surface area contributed by atoms with Crippen LogP contribution in [0.25, 0.3) is 10.9 Å². The summed E-state index contributed by atoms with van der Waals surface area (Å²) in [6, 6.07) is 5.67. The van der Waals surface area contributed by atoms with Gasteiger partial charge >= 0.3 is 0 Å². The Balaban J connectivity index is 3.04. The lowest BCUT2D eigenvalue weighted by Gasteiger charge is -2.09. The second-order valence-electron chi connectivity index (χ2n) is 4.10. The molecule has 3 heteroatoms. The summed E-state index contributed by atoms with van der Waals surface area (Å²) in [6.07, 6.45) is 0.612. The largest absolute Gasteiger partial charge is 0.311 e. The third kappa shape index (κ3) is 1.45. The Kier molecular flexibility index (Phi) is 2.38. The zero-order valence-electron chi connectivity index (χ0n) is 9.57. The quantitative estimate of drug-likeness (QED) is 0.682. The van der Waals surface area contributed by atoms with Gasteiger partial charge in [0.05, 0.1) is 11.1 Å². The number of benzene rings is 1. The number of carbonyl (C=O) groups excluding carboxylic acids is 1. The molecule has 0 fully saturated rings. The van der Waals surface area contributed by atoms with Crippen LogP contribution in [0.4, 0.5) is 0 Å². The van der Waals surface area contributed by atoms with Crippen LogP contribution in [0, 0.1) is 13.8 Å². The fraction of sp³-hybridized carbons (Fsp3) is 0.231. The van der Waals surface area contributed by atoms with Crippen molar-refractivity contribution in [2.24, 2.45) is 7.05 Å². The number of aryl methyl sites for hydroxylation is 3. The van der Waals surface area contributed by atoms with Gasteiger partial charge in [-0.25, -0.2) is 0 Å². The predicted octanol–water partition coefficient (Wildman–Crippen LogP) is 1.97. The third-order valence-electron chi connectivity index (χ3n) is 2.85. The Bertz CT molecular complexity index is 638. The predicted molar refractivity (Wildman–Crippen MR) is 64.1 cm³/mol. The van der Waals surface area contributed by atoms with Gasteiger partial charge in [0.25, 0.3) is 5.56 Å². The van der Waals surface area contributed by atoms with Gasteiger partial charge in [-0.15, -0.1) is 0 Å². The maximum atomic E-state index is 11.8. The third-order valence-corrected chi connectivity index (χ3v) is 2.85. The molecule has 1 aromatic carbocycles. The highest BCUT2D eigenvalue weighted by Gasteiger charge is 2.07. The zero-order chi connectivity index (χ0) is 11.9. The van der Waals surface area contributed by atoms with Crippen LogP contribution in [0.5, 0.6) is 0 Å². The number of aromatic nitrogens is 1. The van der Waals surface area contributed by atoms with Gasteiger partial charge in [-0.1, -0.05) is 6.07 Å². The van der Waals surface area contributed by atoms with Crippen molar-refractivity contribution in [2.45, 2.75) is 13.8 Å². The number of carbonyl (C=O) groups is 1. The van der Waals surface area contributed by atoms with E-state index < -0.39 is 0 Å². The minimum atomic E-state index is -0.243. The van der Waals surface area contributed by atoms with Crippen LogP contribution < -0.4 is 5.56 Å². The first-order valence-corrected chi connectivity index (χ1v) is 5.10. The first kappa shape index (κ1) is 10.6. The fourth-order valence-corrected chi connectivity index (χ4v) is 2.03. The molecule has 0 saturated heterocycles. The van der Waals surface area contributed by atoms with Crippen molar-refractivity contribution in [2.75, 3.05) is 0 Å². The molecule has 1 aromatic heterocycles. The van der Waals surface area contributed by atoms with E-state index in [-0.39, 0.29) is 11.1 Å². The SMILES string of the molecule is Cc1cc(C)c2cc(C=O)c(=O)n(C)c2c1. The zero-order valence-corrected chi connectivity index (χ0v) is 9.57. The lowest BCUT2D eigenvalue weighted by Crippen LogP contribution is -2.21. The Hall–Kier alpha value is -1.90. The Morgan fingerprint density at radius 1 is 1.19 bits per heavy atom. The smallest absolute Gasteiger partial charge is 0.261 e. The second kappa shape index (κ2) is 3.59. The molecule has 82 valence electrons. The van der Waals surface area contributed by atoms with Gasteiger partial charge in [0.15, 0.2) is 6.29 Å². The number of hydrogen-bond donors (Lipinski definition) is 0. The van der Waals surface area contributed by atoms with E-state index in [9.17, 15) is 9.59 Å². The average molecular weight is 215 g/mol. The van der Waals surface area contributed by atoms with Crippen molar-refractivity contribution in [3.8, 4) is 0 Å². The standard InChI is InChI=1S/C13H13NO2/c1-8-4-9(2)11-6-10(7-15)13(16)14(3)12(11)5-8/h4-7H,1-3H3. The molecule has 0 amide bonds. The maximum absolute atomic E-state index is 11.8. The molecule has 3 nitrogen and oxygen atoms in total. The lowest BCUT2D eigenvalue weighted by molar-refractivity contribution is 0.112. The summed E-state index contributed by atoms with van der Waals surface area (Å²) in [6.45, 7) is 3.97. The molecule has 2 aromatic rings. The molecule has 1 heterocycles. The number of fused-ring (bicyclic) bond motifs is 1. The Morgan fingerprint density at radius 3 is 2.50 bits per heavy atom. The second-order valence-corrected chi connectivity index (χ2v) is 4.10. The molecule has 0 unspecified atom stereocenters. The summed E-state index contributed by atoms with van der Waals surface area (Å²) in [5, 5.41) is 0.954. The number of nitrogens with zero attached hydrogens (tertiary/aromatic N) is 1. The van der Waals surface area contributed by atoms with Gasteiger partial charge in [0, 0.05) is 12.4 Å². The summed E-state index contributed by atoms with van der Waals surface area (Å²) in [5.41, 5.74) is 3.02. The highest BCUT2D eigenvalue weighted by atomic mass is 16.1. The van der Waals surface area contributed by atoms with Crippen LogP contribution >= 0.6 is 0 Å². The van der Waals surface area contributed by atoms with Crippen LogP contribution in [0.1, 0.15) is 21.5 Å². The van der Waals surface area contributed by atoms with E-state index in [1.165, 1.54) is 4.57 Å². The first-order valence-electron chi connectivity index (χ1n) is 5.10. The average Bonchev–Trinajstić information content (AvgIpc) is 2.24. The maximum Gasteiger partial charge on any atom is 0.261 e. The highest BCUT2D eigenvalue weighted by Crippen LogP contribution is 2.19. The van der Waals surface area contributed by atoms with E-state index in [0.717, 1.165) is 22.0 Å². The van der Waals surface area contributed by atoms with Gasteiger partial charge in [-0.3, -0.25) is 9.59 Å². The molecular formula is C13H13NO2. The molecule has 0 radical (unpaired) electrons. The van der Waals surface area contributed by atoms with Gasteiger partial charge in [-0.05, 0) is 37.1 Å². The molecule has 0 aliphatic carbocycles. The minimum Gasteiger partial charge on any atom is -0.311 e. The van der Waals surface area contributed by atoms with E-state index in [2.05, 4.69) is 0 Å². The van der Waals surface area contributed by atoms with Crippen molar-refractivity contribution in [3.63, 3.8) is 0 Å². The summed E-state index contributed by atoms with van der Waals surface area (Å²) >= 11 is 0. The van der Waals surface area contributed by atoms with Crippen LogP contribution in [0.2, 0.25) is 0 Å². The molecule has 0 aliphatic rings.